The van der Waals surface area contributed by atoms with Crippen LogP contribution in [0.2, 0.25) is 0 Å². The maximum atomic E-state index is 13.0. The number of amides is 1. The van der Waals surface area contributed by atoms with Gasteiger partial charge in [0.15, 0.2) is 5.78 Å². The van der Waals surface area contributed by atoms with Gasteiger partial charge in [0.25, 0.3) is 5.91 Å². The van der Waals surface area contributed by atoms with Crippen LogP contribution in [0.3, 0.4) is 0 Å². The van der Waals surface area contributed by atoms with Gasteiger partial charge in [0.2, 0.25) is 0 Å². The standard InChI is InChI=1S/C19H26N2O3/c1-19(2,3)21-16(13-7-9-14(24-6)10-8-13)11-17(22)15(18(21)23)12-20(4)5/h7-10,12,16H,11H2,1-6H3/b15-12-/t16-/m0/s1. The molecule has 0 bridgehead atoms. The number of benzene rings is 1. The number of likely N-dealkylation sites (tertiary alicyclic amines) is 1. The quantitative estimate of drug-likeness (QED) is 0.632. The number of ether oxygens (including phenoxy) is 1. The molecule has 5 nitrogen and oxygen atoms in total. The number of hydrogen-bond acceptors (Lipinski definition) is 4. The maximum absolute atomic E-state index is 13.0. The average Bonchev–Trinajstić information content (AvgIpc) is 2.49. The number of piperidine rings is 1. The van der Waals surface area contributed by atoms with E-state index in [1.807, 2.05) is 64.0 Å². The Labute approximate surface area is 143 Å². The van der Waals surface area contributed by atoms with E-state index in [0.717, 1.165) is 11.3 Å². The summed E-state index contributed by atoms with van der Waals surface area (Å²) in [5.74, 6) is 0.422. The van der Waals surface area contributed by atoms with E-state index in [0.29, 0.717) is 0 Å². The molecule has 0 radical (unpaired) electrons. The van der Waals surface area contributed by atoms with Crippen LogP contribution in [0.5, 0.6) is 5.75 Å². The molecule has 0 N–H and O–H groups in total. The number of nitrogens with zero attached hydrogens (tertiary/aromatic N) is 2. The van der Waals surface area contributed by atoms with E-state index in [4.69, 9.17) is 4.74 Å². The fourth-order valence-electron chi connectivity index (χ4n) is 3.02. The van der Waals surface area contributed by atoms with Crippen LogP contribution in [0.15, 0.2) is 36.0 Å². The van der Waals surface area contributed by atoms with Crippen molar-refractivity contribution in [3.05, 3.63) is 41.6 Å². The van der Waals surface area contributed by atoms with Gasteiger partial charge >= 0.3 is 0 Å². The van der Waals surface area contributed by atoms with Crippen LogP contribution in [0.25, 0.3) is 0 Å². The lowest BCUT2D eigenvalue weighted by molar-refractivity contribution is -0.142. The minimum absolute atomic E-state index is 0.116. The van der Waals surface area contributed by atoms with Crippen LogP contribution in [0, 0.1) is 0 Å². The summed E-state index contributed by atoms with van der Waals surface area (Å²) in [5, 5.41) is 0. The number of carbonyl (C=O) groups excluding carboxylic acids is 2. The lowest BCUT2D eigenvalue weighted by Gasteiger charge is -2.45. The summed E-state index contributed by atoms with van der Waals surface area (Å²) in [5.41, 5.74) is 0.796. The number of methoxy groups -OCH3 is 1. The van der Waals surface area contributed by atoms with Crippen molar-refractivity contribution < 1.29 is 14.3 Å². The zero-order valence-electron chi connectivity index (χ0n) is 15.3. The molecule has 1 heterocycles. The van der Waals surface area contributed by atoms with Crippen molar-refractivity contribution in [3.8, 4) is 5.75 Å². The minimum atomic E-state index is -0.395. The van der Waals surface area contributed by atoms with Crippen molar-refractivity contribution in [1.82, 2.24) is 9.80 Å². The van der Waals surface area contributed by atoms with E-state index in [1.165, 1.54) is 0 Å². The summed E-state index contributed by atoms with van der Waals surface area (Å²) >= 11 is 0. The molecule has 0 aliphatic carbocycles. The van der Waals surface area contributed by atoms with Gasteiger partial charge in [0.05, 0.1) is 18.7 Å². The van der Waals surface area contributed by atoms with E-state index < -0.39 is 5.54 Å². The lowest BCUT2D eigenvalue weighted by atomic mass is 9.87. The molecule has 1 aliphatic heterocycles. The first-order valence-electron chi connectivity index (χ1n) is 8.04. The topological polar surface area (TPSA) is 49.9 Å². The van der Waals surface area contributed by atoms with Crippen molar-refractivity contribution >= 4 is 11.7 Å². The molecule has 0 spiro atoms. The van der Waals surface area contributed by atoms with Gasteiger partial charge in [-0.3, -0.25) is 9.59 Å². The first-order chi connectivity index (χ1) is 11.1. The Morgan fingerprint density at radius 2 is 1.75 bits per heavy atom. The van der Waals surface area contributed by atoms with Crippen molar-refractivity contribution in [2.75, 3.05) is 21.2 Å². The summed E-state index contributed by atoms with van der Waals surface area (Å²) in [6.45, 7) is 5.97. The highest BCUT2D eigenvalue weighted by Crippen LogP contribution is 2.37. The molecule has 1 aromatic rings. The van der Waals surface area contributed by atoms with Gasteiger partial charge in [-0.05, 0) is 38.5 Å². The van der Waals surface area contributed by atoms with Gasteiger partial charge in [-0.2, -0.15) is 0 Å². The highest BCUT2D eigenvalue weighted by molar-refractivity contribution is 6.21. The van der Waals surface area contributed by atoms with E-state index >= 15 is 0 Å². The number of ketones is 1. The third kappa shape index (κ3) is 3.61. The zero-order chi connectivity index (χ0) is 18.1. The molecule has 1 aromatic carbocycles. The zero-order valence-corrected chi connectivity index (χ0v) is 15.3. The summed E-state index contributed by atoms with van der Waals surface area (Å²) in [4.78, 5) is 29.1. The van der Waals surface area contributed by atoms with Crippen LogP contribution in [-0.2, 0) is 9.59 Å². The Bertz CT molecular complexity index is 654. The van der Waals surface area contributed by atoms with Crippen LogP contribution < -0.4 is 4.74 Å². The van der Waals surface area contributed by atoms with E-state index in [2.05, 4.69) is 0 Å². The van der Waals surface area contributed by atoms with Crippen molar-refractivity contribution in [3.63, 3.8) is 0 Å². The van der Waals surface area contributed by atoms with Gasteiger partial charge in [-0.25, -0.2) is 0 Å². The Morgan fingerprint density at radius 1 is 1.17 bits per heavy atom. The molecule has 0 unspecified atom stereocenters. The first kappa shape index (κ1) is 18.0. The fourth-order valence-corrected chi connectivity index (χ4v) is 3.02. The third-order valence-electron chi connectivity index (χ3n) is 4.05. The third-order valence-corrected chi connectivity index (χ3v) is 4.05. The second-order valence-electron chi connectivity index (χ2n) is 7.27. The molecule has 0 saturated carbocycles. The molecule has 2 rings (SSSR count). The van der Waals surface area contributed by atoms with Crippen LogP contribution >= 0.6 is 0 Å². The van der Waals surface area contributed by atoms with Crippen LogP contribution in [0.1, 0.15) is 38.8 Å². The Morgan fingerprint density at radius 3 is 2.21 bits per heavy atom. The molecule has 1 aliphatic rings. The van der Waals surface area contributed by atoms with Crippen molar-refractivity contribution in [2.45, 2.75) is 38.8 Å². The molecule has 1 atom stereocenters. The number of hydrogen-bond donors (Lipinski definition) is 0. The second-order valence-corrected chi connectivity index (χ2v) is 7.27. The summed E-state index contributed by atoms with van der Waals surface area (Å²) in [6, 6.07) is 7.29. The molecule has 130 valence electrons. The molecule has 5 heteroatoms. The van der Waals surface area contributed by atoms with E-state index in [9.17, 15) is 9.59 Å². The Kier molecular flexibility index (Phi) is 5.02. The van der Waals surface area contributed by atoms with Gasteiger partial charge in [-0.1, -0.05) is 12.1 Å². The number of Topliss-reactive ketones (excluding diaryl/α,β-unsaturated/α-hetero) is 1. The highest BCUT2D eigenvalue weighted by atomic mass is 16.5. The van der Waals surface area contributed by atoms with Gasteiger partial charge in [0.1, 0.15) is 5.75 Å². The van der Waals surface area contributed by atoms with Crippen molar-refractivity contribution in [2.24, 2.45) is 0 Å². The minimum Gasteiger partial charge on any atom is -0.497 e. The van der Waals surface area contributed by atoms with Crippen LogP contribution in [-0.4, -0.2) is 48.2 Å². The normalized spacial score (nSPS) is 20.5. The highest BCUT2D eigenvalue weighted by Gasteiger charge is 2.42. The Balaban J connectivity index is 2.47. The fraction of sp³-hybridized carbons (Fsp3) is 0.474. The van der Waals surface area contributed by atoms with E-state index in [1.54, 1.807) is 18.2 Å². The molecule has 1 amide bonds. The summed E-state index contributed by atoms with van der Waals surface area (Å²) in [7, 11) is 5.23. The van der Waals surface area contributed by atoms with Crippen LogP contribution in [0.4, 0.5) is 0 Å². The SMILES string of the molecule is COc1ccc([C@@H]2CC(=O)/C(=C/N(C)C)C(=O)N2C(C)(C)C)cc1. The largest absolute Gasteiger partial charge is 0.497 e. The van der Waals surface area contributed by atoms with Crippen molar-refractivity contribution in [1.29, 1.82) is 0 Å². The molecule has 1 fully saturated rings. The van der Waals surface area contributed by atoms with Gasteiger partial charge in [0, 0.05) is 32.3 Å². The molecular weight excluding hydrogens is 304 g/mol. The average molecular weight is 330 g/mol. The van der Waals surface area contributed by atoms with E-state index in [-0.39, 0.29) is 29.7 Å². The summed E-state index contributed by atoms with van der Waals surface area (Å²) in [6.07, 6.45) is 1.91. The molecular formula is C19H26N2O3. The Hall–Kier alpha value is -2.30. The second kappa shape index (κ2) is 6.67. The number of carbonyl (C=O) groups is 2. The number of rotatable bonds is 3. The smallest absolute Gasteiger partial charge is 0.259 e. The maximum Gasteiger partial charge on any atom is 0.259 e. The monoisotopic (exact) mass is 330 g/mol. The predicted molar refractivity (Wildman–Crippen MR) is 93.7 cm³/mol. The lowest BCUT2D eigenvalue weighted by Crippen LogP contribution is -2.52. The predicted octanol–water partition coefficient (Wildman–Crippen LogP) is 2.78. The van der Waals surface area contributed by atoms with Gasteiger partial charge in [-0.15, -0.1) is 0 Å². The molecule has 0 aromatic heterocycles. The van der Waals surface area contributed by atoms with Gasteiger partial charge < -0.3 is 14.5 Å². The first-order valence-corrected chi connectivity index (χ1v) is 8.04. The molecule has 1 saturated heterocycles. The summed E-state index contributed by atoms with van der Waals surface area (Å²) < 4.78 is 5.19. The molecule has 24 heavy (non-hydrogen) atoms.